The maximum absolute atomic E-state index is 12.6. The molecule has 132 valence electrons. The summed E-state index contributed by atoms with van der Waals surface area (Å²) in [6.45, 7) is 2.99. The Hall–Kier alpha value is -2.87. The Morgan fingerprint density at radius 2 is 2.08 bits per heavy atom. The van der Waals surface area contributed by atoms with Crippen molar-refractivity contribution in [2.45, 2.75) is 19.9 Å². The van der Waals surface area contributed by atoms with Crippen LogP contribution in [0.25, 0.3) is 0 Å². The van der Waals surface area contributed by atoms with E-state index < -0.39 is 0 Å². The fourth-order valence-electron chi connectivity index (χ4n) is 2.81. The zero-order valence-electron chi connectivity index (χ0n) is 14.3. The van der Waals surface area contributed by atoms with Crippen LogP contribution in [0.15, 0.2) is 24.4 Å². The molecular formula is C17H21N5O3. The molecule has 3 N–H and O–H groups in total. The number of carbonyl (C=O) groups excluding carboxylic acids is 2. The van der Waals surface area contributed by atoms with Crippen LogP contribution in [-0.2, 0) is 22.5 Å². The van der Waals surface area contributed by atoms with E-state index in [0.29, 0.717) is 24.5 Å². The molecule has 3 rings (SSSR count). The van der Waals surface area contributed by atoms with Crippen molar-refractivity contribution in [3.8, 4) is 0 Å². The zero-order chi connectivity index (χ0) is 17.8. The molecule has 0 unspecified atom stereocenters. The average Bonchev–Trinajstić information content (AvgIpc) is 3.06. The SMILES string of the molecule is COCC(=O)Nc1cccc(NC(=O)N2CCc3[nH]ncc3C2)c1C. The molecule has 0 saturated heterocycles. The number of hydrogen-bond acceptors (Lipinski definition) is 4. The molecule has 0 spiro atoms. The first-order valence-electron chi connectivity index (χ1n) is 8.04. The third-order valence-corrected chi connectivity index (χ3v) is 4.21. The number of carbonyl (C=O) groups is 2. The molecule has 8 nitrogen and oxygen atoms in total. The molecule has 0 atom stereocenters. The van der Waals surface area contributed by atoms with Gasteiger partial charge in [-0.05, 0) is 24.6 Å². The van der Waals surface area contributed by atoms with Crippen molar-refractivity contribution in [1.29, 1.82) is 0 Å². The Morgan fingerprint density at radius 3 is 2.84 bits per heavy atom. The summed E-state index contributed by atoms with van der Waals surface area (Å²) in [7, 11) is 1.47. The first kappa shape index (κ1) is 17.0. The van der Waals surface area contributed by atoms with Crippen molar-refractivity contribution in [2.75, 3.05) is 30.9 Å². The van der Waals surface area contributed by atoms with Crippen LogP contribution in [0.5, 0.6) is 0 Å². The van der Waals surface area contributed by atoms with Crippen molar-refractivity contribution in [2.24, 2.45) is 0 Å². The lowest BCUT2D eigenvalue weighted by atomic mass is 10.1. The van der Waals surface area contributed by atoms with E-state index in [1.165, 1.54) is 7.11 Å². The van der Waals surface area contributed by atoms with Gasteiger partial charge in [-0.3, -0.25) is 9.89 Å². The number of aromatic nitrogens is 2. The predicted octanol–water partition coefficient (Wildman–Crippen LogP) is 1.89. The number of methoxy groups -OCH3 is 1. The molecular weight excluding hydrogens is 322 g/mol. The minimum absolute atomic E-state index is 0.0170. The Labute approximate surface area is 145 Å². The highest BCUT2D eigenvalue weighted by molar-refractivity contribution is 5.95. The summed E-state index contributed by atoms with van der Waals surface area (Å²) in [5.74, 6) is -0.238. The van der Waals surface area contributed by atoms with Crippen LogP contribution >= 0.6 is 0 Å². The summed E-state index contributed by atoms with van der Waals surface area (Å²) in [5.41, 5.74) is 4.23. The number of nitrogens with zero attached hydrogens (tertiary/aromatic N) is 2. The highest BCUT2D eigenvalue weighted by Gasteiger charge is 2.22. The fourth-order valence-corrected chi connectivity index (χ4v) is 2.81. The number of fused-ring (bicyclic) bond motifs is 1. The van der Waals surface area contributed by atoms with Crippen molar-refractivity contribution in [3.05, 3.63) is 41.2 Å². The standard InChI is InChI=1S/C17H21N5O3/c1-11-13(19-16(23)10-25-2)4-3-5-14(11)20-17(24)22-7-6-15-12(9-22)8-18-21-15/h3-5,8H,6-7,9-10H2,1-2H3,(H,18,21)(H,19,23)(H,20,24). The van der Waals surface area contributed by atoms with Crippen molar-refractivity contribution < 1.29 is 14.3 Å². The number of benzene rings is 1. The van der Waals surface area contributed by atoms with E-state index in [4.69, 9.17) is 4.74 Å². The second kappa shape index (κ2) is 7.35. The molecule has 8 heteroatoms. The number of rotatable bonds is 4. The van der Waals surface area contributed by atoms with Gasteiger partial charge in [-0.1, -0.05) is 6.07 Å². The van der Waals surface area contributed by atoms with Gasteiger partial charge in [0.15, 0.2) is 0 Å². The van der Waals surface area contributed by atoms with Crippen molar-refractivity contribution in [1.82, 2.24) is 15.1 Å². The lowest BCUT2D eigenvalue weighted by Crippen LogP contribution is -2.38. The first-order chi connectivity index (χ1) is 12.1. The van der Waals surface area contributed by atoms with Crippen LogP contribution in [0.4, 0.5) is 16.2 Å². The molecule has 0 bridgehead atoms. The maximum atomic E-state index is 12.6. The molecule has 0 radical (unpaired) electrons. The summed E-state index contributed by atoms with van der Waals surface area (Å²) in [6, 6.07) is 5.22. The minimum Gasteiger partial charge on any atom is -0.375 e. The van der Waals surface area contributed by atoms with Crippen LogP contribution < -0.4 is 10.6 Å². The van der Waals surface area contributed by atoms with E-state index in [1.54, 1.807) is 23.2 Å². The molecule has 25 heavy (non-hydrogen) atoms. The van der Waals surface area contributed by atoms with Gasteiger partial charge in [0, 0.05) is 42.7 Å². The van der Waals surface area contributed by atoms with E-state index in [2.05, 4.69) is 20.8 Å². The Morgan fingerprint density at radius 1 is 1.32 bits per heavy atom. The largest absolute Gasteiger partial charge is 0.375 e. The number of nitrogens with one attached hydrogen (secondary N) is 3. The molecule has 0 fully saturated rings. The van der Waals surface area contributed by atoms with Crippen LogP contribution in [0, 0.1) is 6.92 Å². The second-order valence-corrected chi connectivity index (χ2v) is 5.93. The fraction of sp³-hybridized carbons (Fsp3) is 0.353. The zero-order valence-corrected chi connectivity index (χ0v) is 14.3. The average molecular weight is 343 g/mol. The summed E-state index contributed by atoms with van der Waals surface area (Å²) < 4.78 is 4.82. The minimum atomic E-state index is -0.238. The number of urea groups is 1. The van der Waals surface area contributed by atoms with E-state index in [0.717, 1.165) is 23.2 Å². The number of H-pyrrole nitrogens is 1. The number of amides is 3. The van der Waals surface area contributed by atoms with Gasteiger partial charge in [0.1, 0.15) is 6.61 Å². The third-order valence-electron chi connectivity index (χ3n) is 4.21. The number of ether oxygens (including phenoxy) is 1. The molecule has 2 aromatic rings. The van der Waals surface area contributed by atoms with Gasteiger partial charge in [-0.25, -0.2) is 4.79 Å². The van der Waals surface area contributed by atoms with E-state index in [9.17, 15) is 9.59 Å². The normalized spacial score (nSPS) is 13.3. The number of hydrogen-bond donors (Lipinski definition) is 3. The lowest BCUT2D eigenvalue weighted by molar-refractivity contribution is -0.119. The van der Waals surface area contributed by atoms with Gasteiger partial charge in [0.25, 0.3) is 0 Å². The van der Waals surface area contributed by atoms with Gasteiger partial charge >= 0.3 is 6.03 Å². The summed E-state index contributed by atoms with van der Waals surface area (Å²) >= 11 is 0. The third kappa shape index (κ3) is 3.80. The van der Waals surface area contributed by atoms with E-state index in [1.807, 2.05) is 13.0 Å². The Kier molecular flexibility index (Phi) is 4.99. The Balaban J connectivity index is 1.68. The van der Waals surface area contributed by atoms with Crippen LogP contribution in [-0.4, -0.2) is 47.3 Å². The van der Waals surface area contributed by atoms with Gasteiger partial charge < -0.3 is 20.3 Å². The Bertz CT molecular complexity index is 786. The second-order valence-electron chi connectivity index (χ2n) is 5.93. The van der Waals surface area contributed by atoms with E-state index in [-0.39, 0.29) is 18.5 Å². The monoisotopic (exact) mass is 343 g/mol. The molecule has 0 aliphatic carbocycles. The summed E-state index contributed by atoms with van der Waals surface area (Å²) in [4.78, 5) is 26.0. The molecule has 0 saturated carbocycles. The lowest BCUT2D eigenvalue weighted by Gasteiger charge is -2.27. The van der Waals surface area contributed by atoms with Gasteiger partial charge in [-0.15, -0.1) is 0 Å². The summed E-state index contributed by atoms with van der Waals surface area (Å²) in [6.07, 6.45) is 2.51. The van der Waals surface area contributed by atoms with Gasteiger partial charge in [-0.2, -0.15) is 5.10 Å². The van der Waals surface area contributed by atoms with Crippen molar-refractivity contribution >= 4 is 23.3 Å². The molecule has 1 aliphatic rings. The molecule has 1 aliphatic heterocycles. The smallest absolute Gasteiger partial charge is 0.322 e. The molecule has 3 amide bonds. The predicted molar refractivity (Wildman–Crippen MR) is 93.4 cm³/mol. The quantitative estimate of drug-likeness (QED) is 0.789. The van der Waals surface area contributed by atoms with Crippen LogP contribution in [0.1, 0.15) is 16.8 Å². The number of aromatic amines is 1. The molecule has 1 aromatic carbocycles. The van der Waals surface area contributed by atoms with Crippen molar-refractivity contribution in [3.63, 3.8) is 0 Å². The first-order valence-corrected chi connectivity index (χ1v) is 8.04. The highest BCUT2D eigenvalue weighted by atomic mass is 16.5. The van der Waals surface area contributed by atoms with Crippen LogP contribution in [0.3, 0.4) is 0 Å². The van der Waals surface area contributed by atoms with Crippen LogP contribution in [0.2, 0.25) is 0 Å². The maximum Gasteiger partial charge on any atom is 0.322 e. The number of anilines is 2. The molecule has 1 aromatic heterocycles. The topological polar surface area (TPSA) is 99.4 Å². The van der Waals surface area contributed by atoms with E-state index >= 15 is 0 Å². The molecule has 2 heterocycles. The summed E-state index contributed by atoms with van der Waals surface area (Å²) in [5, 5.41) is 12.7. The highest BCUT2D eigenvalue weighted by Crippen LogP contribution is 2.24. The van der Waals surface area contributed by atoms with Gasteiger partial charge in [0.05, 0.1) is 12.7 Å². The van der Waals surface area contributed by atoms with Gasteiger partial charge in [0.2, 0.25) is 5.91 Å².